The zero-order chi connectivity index (χ0) is 16.4. The smallest absolute Gasteiger partial charge is 0.311 e. The van der Waals surface area contributed by atoms with Gasteiger partial charge >= 0.3 is 5.97 Å². The van der Waals surface area contributed by atoms with Gasteiger partial charge in [-0.3, -0.25) is 9.79 Å². The second kappa shape index (κ2) is 9.36. The Morgan fingerprint density at radius 1 is 1.23 bits per heavy atom. The van der Waals surface area contributed by atoms with Crippen LogP contribution in [-0.2, 0) is 16.1 Å². The van der Waals surface area contributed by atoms with Crippen LogP contribution in [0.3, 0.4) is 0 Å². The van der Waals surface area contributed by atoms with E-state index in [9.17, 15) is 4.79 Å². The van der Waals surface area contributed by atoms with Crippen molar-refractivity contribution in [3.8, 4) is 0 Å². The summed E-state index contributed by atoms with van der Waals surface area (Å²) in [4.78, 5) is 15.8. The van der Waals surface area contributed by atoms with Crippen molar-refractivity contribution >= 4 is 11.7 Å². The number of hydrogen-bond acceptors (Lipinski definition) is 3. The topological polar surface area (TPSA) is 38.7 Å². The Morgan fingerprint density at radius 3 is 2.55 bits per heavy atom. The first-order valence-corrected chi connectivity index (χ1v) is 7.94. The molecule has 0 amide bonds. The van der Waals surface area contributed by atoms with Gasteiger partial charge in [0.2, 0.25) is 0 Å². The van der Waals surface area contributed by atoms with Gasteiger partial charge in [0.1, 0.15) is 6.54 Å². The molecule has 0 saturated heterocycles. The number of esters is 1. The fourth-order valence-corrected chi connectivity index (χ4v) is 2.40. The van der Waals surface area contributed by atoms with Crippen LogP contribution in [0.1, 0.15) is 32.3 Å². The Morgan fingerprint density at radius 2 is 1.91 bits per heavy atom. The summed E-state index contributed by atoms with van der Waals surface area (Å²) < 4.78 is 5.86. The van der Waals surface area contributed by atoms with Crippen molar-refractivity contribution in [2.45, 2.75) is 33.2 Å². The van der Waals surface area contributed by atoms with E-state index in [-0.39, 0.29) is 5.97 Å². The van der Waals surface area contributed by atoms with Crippen LogP contribution in [0.5, 0.6) is 0 Å². The van der Waals surface area contributed by atoms with Crippen molar-refractivity contribution in [1.82, 2.24) is 0 Å². The quantitative estimate of drug-likeness (QED) is 0.304. The first-order chi connectivity index (χ1) is 10.4. The highest BCUT2D eigenvalue weighted by molar-refractivity contribution is 5.97. The Kier molecular flexibility index (Phi) is 7.82. The van der Waals surface area contributed by atoms with Crippen molar-refractivity contribution < 1.29 is 14.0 Å². The number of aliphatic imine (C=N–C) groups is 1. The number of benzene rings is 1. The molecule has 0 heterocycles. The van der Waals surface area contributed by atoms with E-state index in [0.717, 1.165) is 36.2 Å². The molecule has 0 saturated carbocycles. The van der Waals surface area contributed by atoms with Crippen molar-refractivity contribution in [2.75, 3.05) is 33.8 Å². The van der Waals surface area contributed by atoms with Crippen LogP contribution in [0.4, 0.5) is 0 Å². The molecule has 1 aromatic rings. The van der Waals surface area contributed by atoms with E-state index in [1.54, 1.807) is 0 Å². The van der Waals surface area contributed by atoms with Crippen LogP contribution in [-0.4, -0.2) is 50.0 Å². The van der Waals surface area contributed by atoms with Gasteiger partial charge in [-0.25, -0.2) is 0 Å². The van der Waals surface area contributed by atoms with Crippen LogP contribution in [0.15, 0.2) is 35.3 Å². The first kappa shape index (κ1) is 18.4. The minimum Gasteiger partial charge on any atom is -0.466 e. The third kappa shape index (κ3) is 7.93. The number of nitrogens with zero attached hydrogens (tertiary/aromatic N) is 2. The normalized spacial score (nSPS) is 12.3. The van der Waals surface area contributed by atoms with Gasteiger partial charge in [0.15, 0.2) is 0 Å². The second-order valence-corrected chi connectivity index (χ2v) is 6.26. The molecule has 0 unspecified atom stereocenters. The molecule has 0 aromatic heterocycles. The predicted octanol–water partition coefficient (Wildman–Crippen LogP) is 3.07. The number of quaternary nitrogens is 1. The van der Waals surface area contributed by atoms with Crippen LogP contribution >= 0.6 is 0 Å². The van der Waals surface area contributed by atoms with Crippen molar-refractivity contribution in [3.05, 3.63) is 35.9 Å². The number of carbonyl (C=O) groups is 1. The van der Waals surface area contributed by atoms with Gasteiger partial charge in [0.05, 0.1) is 33.7 Å². The molecule has 1 aromatic carbocycles. The largest absolute Gasteiger partial charge is 0.466 e. The molecule has 0 atom stereocenters. The minimum absolute atomic E-state index is 0.191. The summed E-state index contributed by atoms with van der Waals surface area (Å²) in [5, 5.41) is 0. The lowest BCUT2D eigenvalue weighted by molar-refractivity contribution is -0.903. The molecular weight excluding hydrogens is 276 g/mol. The lowest BCUT2D eigenvalue weighted by Crippen LogP contribution is -2.39. The fraction of sp³-hybridized carbons (Fsp3) is 0.556. The van der Waals surface area contributed by atoms with Gasteiger partial charge in [-0.1, -0.05) is 30.3 Å². The molecule has 22 heavy (non-hydrogen) atoms. The van der Waals surface area contributed by atoms with E-state index in [1.165, 1.54) is 5.56 Å². The zero-order valence-electron chi connectivity index (χ0n) is 14.3. The third-order valence-electron chi connectivity index (χ3n) is 3.46. The van der Waals surface area contributed by atoms with E-state index >= 15 is 0 Å². The maximum Gasteiger partial charge on any atom is 0.311 e. The average Bonchev–Trinajstić information content (AvgIpc) is 2.44. The molecule has 1 rings (SSSR count). The molecule has 0 aliphatic carbocycles. The van der Waals surface area contributed by atoms with E-state index in [4.69, 9.17) is 4.74 Å². The summed E-state index contributed by atoms with van der Waals surface area (Å²) in [6, 6.07) is 10.5. The molecule has 0 fully saturated rings. The average molecular weight is 305 g/mol. The summed E-state index contributed by atoms with van der Waals surface area (Å²) in [6.07, 6.45) is 1.32. The summed E-state index contributed by atoms with van der Waals surface area (Å²) in [5.41, 5.74) is 2.21. The van der Waals surface area contributed by atoms with Gasteiger partial charge in [0, 0.05) is 24.2 Å². The predicted molar refractivity (Wildman–Crippen MR) is 91.0 cm³/mol. The monoisotopic (exact) mass is 305 g/mol. The molecule has 0 bridgehead atoms. The second-order valence-electron chi connectivity index (χ2n) is 6.26. The number of carbonyl (C=O) groups excluding carboxylic acids is 1. The van der Waals surface area contributed by atoms with Crippen molar-refractivity contribution in [1.29, 1.82) is 0 Å². The maximum atomic E-state index is 11.3. The third-order valence-corrected chi connectivity index (χ3v) is 3.46. The lowest BCUT2D eigenvalue weighted by Gasteiger charge is -2.29. The SMILES string of the molecule is CCOC(=O)CC(C)=NCCC[N+](C)(C)Cc1ccccc1. The van der Waals surface area contributed by atoms with Crippen LogP contribution in [0.2, 0.25) is 0 Å². The van der Waals surface area contributed by atoms with Crippen molar-refractivity contribution in [3.63, 3.8) is 0 Å². The molecular formula is C18H29N2O2+. The van der Waals surface area contributed by atoms with E-state index in [0.29, 0.717) is 13.0 Å². The van der Waals surface area contributed by atoms with E-state index in [1.807, 2.05) is 19.9 Å². The molecule has 0 spiro atoms. The summed E-state index contributed by atoms with van der Waals surface area (Å²) >= 11 is 0. The number of ether oxygens (including phenoxy) is 1. The van der Waals surface area contributed by atoms with Gasteiger partial charge in [0.25, 0.3) is 0 Å². The maximum absolute atomic E-state index is 11.3. The lowest BCUT2D eigenvalue weighted by atomic mass is 10.2. The Balaban J connectivity index is 2.31. The van der Waals surface area contributed by atoms with Gasteiger partial charge in [-0.05, 0) is 13.8 Å². The van der Waals surface area contributed by atoms with Crippen LogP contribution < -0.4 is 0 Å². The van der Waals surface area contributed by atoms with Gasteiger partial charge < -0.3 is 9.22 Å². The molecule has 0 radical (unpaired) electrons. The minimum atomic E-state index is -0.191. The van der Waals surface area contributed by atoms with Gasteiger partial charge in [-0.2, -0.15) is 0 Å². The molecule has 0 aliphatic heterocycles. The van der Waals surface area contributed by atoms with Crippen LogP contribution in [0, 0.1) is 0 Å². The highest BCUT2D eigenvalue weighted by Crippen LogP contribution is 2.09. The highest BCUT2D eigenvalue weighted by Gasteiger charge is 2.15. The summed E-state index contributed by atoms with van der Waals surface area (Å²) in [6.45, 7) is 6.98. The standard InChI is InChI=1S/C18H29N2O2/c1-5-22-18(21)14-16(2)19-12-9-13-20(3,4)15-17-10-7-6-8-11-17/h6-8,10-11H,5,9,12-15H2,1-4H3/q+1. The Hall–Kier alpha value is -1.68. The van der Waals surface area contributed by atoms with E-state index in [2.05, 4.69) is 43.4 Å². The van der Waals surface area contributed by atoms with Crippen molar-refractivity contribution in [2.24, 2.45) is 4.99 Å². The summed E-state index contributed by atoms with van der Waals surface area (Å²) in [5.74, 6) is -0.191. The molecule has 4 nitrogen and oxygen atoms in total. The Bertz CT molecular complexity index is 481. The highest BCUT2D eigenvalue weighted by atomic mass is 16.5. The van der Waals surface area contributed by atoms with Gasteiger partial charge in [-0.15, -0.1) is 0 Å². The number of hydrogen-bond donors (Lipinski definition) is 0. The van der Waals surface area contributed by atoms with Crippen LogP contribution in [0.25, 0.3) is 0 Å². The molecule has 4 heteroatoms. The van der Waals surface area contributed by atoms with E-state index < -0.39 is 0 Å². The molecule has 0 aliphatic rings. The zero-order valence-corrected chi connectivity index (χ0v) is 14.3. The fourth-order valence-electron chi connectivity index (χ4n) is 2.40. The molecule has 122 valence electrons. The number of rotatable bonds is 9. The summed E-state index contributed by atoms with van der Waals surface area (Å²) in [7, 11) is 4.48. The Labute approximate surface area is 134 Å². The first-order valence-electron chi connectivity index (χ1n) is 7.94. The molecule has 0 N–H and O–H groups in total.